The number of hydrogen-bond donors (Lipinski definition) is 1. The van der Waals surface area contributed by atoms with E-state index in [4.69, 9.17) is 4.74 Å². The molecule has 4 atom stereocenters. The van der Waals surface area contributed by atoms with E-state index in [9.17, 15) is 14.3 Å². The molecule has 5 heteroatoms. The van der Waals surface area contributed by atoms with E-state index in [1.807, 2.05) is 6.07 Å². The lowest BCUT2D eigenvalue weighted by molar-refractivity contribution is 0.0830. The molecule has 2 aliphatic heterocycles. The lowest BCUT2D eigenvalue weighted by Gasteiger charge is -2.15. The second kappa shape index (κ2) is 4.19. The van der Waals surface area contributed by atoms with Crippen LogP contribution in [0.15, 0.2) is 12.1 Å². The lowest BCUT2D eigenvalue weighted by atomic mass is 10.0. The Kier molecular flexibility index (Phi) is 2.61. The normalized spacial score (nSPS) is 36.5. The molecule has 1 aromatic rings. The molecule has 0 bridgehead atoms. The van der Waals surface area contributed by atoms with E-state index in [2.05, 4.69) is 13.8 Å². The Morgan fingerprint density at radius 1 is 1.38 bits per heavy atom. The number of carbonyl (C=O) groups excluding carboxylic acids is 1. The van der Waals surface area contributed by atoms with Crippen molar-refractivity contribution in [2.24, 2.45) is 11.8 Å². The largest absolute Gasteiger partial charge is 0.441 e. The summed E-state index contributed by atoms with van der Waals surface area (Å²) in [6.45, 7) is 4.08. The zero-order valence-electron chi connectivity index (χ0n) is 12.0. The summed E-state index contributed by atoms with van der Waals surface area (Å²) in [5.74, 6) is 1.06. The number of hydrogen-bond acceptors (Lipinski definition) is 3. The average Bonchev–Trinajstić information content (AvgIpc) is 2.82. The summed E-state index contributed by atoms with van der Waals surface area (Å²) < 4.78 is 19.5. The zero-order chi connectivity index (χ0) is 14.9. The van der Waals surface area contributed by atoms with Gasteiger partial charge >= 0.3 is 6.09 Å². The molecule has 0 radical (unpaired) electrons. The molecule has 1 aromatic carbocycles. The van der Waals surface area contributed by atoms with Crippen molar-refractivity contribution in [3.63, 3.8) is 0 Å². The minimum atomic E-state index is -0.518. The van der Waals surface area contributed by atoms with E-state index in [0.29, 0.717) is 23.9 Å². The number of amides is 1. The molecule has 4 nitrogen and oxygen atoms in total. The summed E-state index contributed by atoms with van der Waals surface area (Å²) >= 11 is 0. The molecule has 1 amide bonds. The van der Waals surface area contributed by atoms with E-state index in [1.54, 1.807) is 0 Å². The van der Waals surface area contributed by atoms with Gasteiger partial charge in [0.25, 0.3) is 0 Å². The molecule has 0 aromatic heterocycles. The van der Waals surface area contributed by atoms with Crippen LogP contribution in [0.5, 0.6) is 0 Å². The molecule has 1 N–H and O–H groups in total. The van der Waals surface area contributed by atoms with Crippen LogP contribution >= 0.6 is 0 Å². The van der Waals surface area contributed by atoms with Crippen LogP contribution in [0, 0.1) is 17.7 Å². The molecular weight excluding hydrogens is 273 g/mol. The standard InChI is InChI=1S/C16H18FNO3/c1-7-8(2)15(7)10-3-9-4-13-14(6-19)21-16(20)18(13)12(9)5-11(10)17/h3,5,7-8,13-15,19H,4,6H2,1-2H3/t7?,8?,13-,14?,15?/m0/s1. The summed E-state index contributed by atoms with van der Waals surface area (Å²) in [6, 6.07) is 3.17. The Bertz CT molecular complexity index is 624. The SMILES string of the molecule is CC1C(C)C1c1cc2c(cc1F)N1C(=O)OC(CO)[C@@H]1C2. The Hall–Kier alpha value is -1.62. The van der Waals surface area contributed by atoms with Crippen LogP contribution < -0.4 is 4.90 Å². The smallest absolute Gasteiger partial charge is 0.415 e. The van der Waals surface area contributed by atoms with Crippen LogP contribution in [0.4, 0.5) is 14.9 Å². The molecule has 0 spiro atoms. The fraction of sp³-hybridized carbons (Fsp3) is 0.562. The van der Waals surface area contributed by atoms with Crippen LogP contribution in [0.25, 0.3) is 0 Å². The van der Waals surface area contributed by atoms with Crippen LogP contribution in [0.1, 0.15) is 30.9 Å². The number of nitrogens with zero attached hydrogens (tertiary/aromatic N) is 1. The summed E-state index contributed by atoms with van der Waals surface area (Å²) in [6.07, 6.45) is -0.386. The van der Waals surface area contributed by atoms with Crippen molar-refractivity contribution in [2.75, 3.05) is 11.5 Å². The van der Waals surface area contributed by atoms with Gasteiger partial charge in [-0.05, 0) is 41.4 Å². The van der Waals surface area contributed by atoms with Gasteiger partial charge in [-0.15, -0.1) is 0 Å². The molecule has 112 valence electrons. The number of rotatable bonds is 2. The van der Waals surface area contributed by atoms with Gasteiger partial charge in [0.2, 0.25) is 0 Å². The van der Waals surface area contributed by atoms with Crippen LogP contribution in [0.3, 0.4) is 0 Å². The van der Waals surface area contributed by atoms with Gasteiger partial charge in [-0.2, -0.15) is 0 Å². The summed E-state index contributed by atoms with van der Waals surface area (Å²) in [4.78, 5) is 13.4. The highest BCUT2D eigenvalue weighted by Gasteiger charge is 2.49. The van der Waals surface area contributed by atoms with E-state index in [-0.39, 0.29) is 24.4 Å². The van der Waals surface area contributed by atoms with Crippen LogP contribution in [-0.4, -0.2) is 30.0 Å². The van der Waals surface area contributed by atoms with Gasteiger partial charge < -0.3 is 9.84 Å². The Labute approximate surface area is 122 Å². The fourth-order valence-corrected chi connectivity index (χ4v) is 3.95. The van der Waals surface area contributed by atoms with E-state index in [1.165, 1.54) is 11.0 Å². The summed E-state index contributed by atoms with van der Waals surface area (Å²) in [5, 5.41) is 9.31. The van der Waals surface area contributed by atoms with E-state index < -0.39 is 12.2 Å². The number of benzene rings is 1. The Morgan fingerprint density at radius 3 is 2.71 bits per heavy atom. The van der Waals surface area contributed by atoms with E-state index in [0.717, 1.165) is 11.1 Å². The number of anilines is 1. The van der Waals surface area contributed by atoms with Crippen molar-refractivity contribution in [1.29, 1.82) is 0 Å². The van der Waals surface area contributed by atoms with Gasteiger partial charge in [0.1, 0.15) is 11.9 Å². The number of ether oxygens (including phenoxy) is 1. The molecule has 1 saturated carbocycles. The predicted molar refractivity (Wildman–Crippen MR) is 74.8 cm³/mol. The molecular formula is C16H18FNO3. The molecule has 1 aliphatic carbocycles. The first kappa shape index (κ1) is 13.1. The highest BCUT2D eigenvalue weighted by atomic mass is 19.1. The first-order valence-electron chi connectivity index (χ1n) is 7.46. The monoisotopic (exact) mass is 291 g/mol. The van der Waals surface area contributed by atoms with Gasteiger partial charge in [-0.25, -0.2) is 9.18 Å². The number of carbonyl (C=O) groups is 1. The van der Waals surface area contributed by atoms with Crippen molar-refractivity contribution in [3.05, 3.63) is 29.1 Å². The number of cyclic esters (lactones) is 1. The van der Waals surface area contributed by atoms with Crippen molar-refractivity contribution >= 4 is 11.8 Å². The Balaban J connectivity index is 1.74. The third-order valence-electron chi connectivity index (χ3n) is 5.46. The zero-order valence-corrected chi connectivity index (χ0v) is 12.0. The van der Waals surface area contributed by atoms with Crippen molar-refractivity contribution < 1.29 is 19.0 Å². The van der Waals surface area contributed by atoms with Gasteiger partial charge in [-0.1, -0.05) is 19.9 Å². The minimum Gasteiger partial charge on any atom is -0.441 e. The number of fused-ring (bicyclic) bond motifs is 3. The topological polar surface area (TPSA) is 49.8 Å². The summed E-state index contributed by atoms with van der Waals surface area (Å²) in [7, 11) is 0. The lowest BCUT2D eigenvalue weighted by Crippen LogP contribution is -2.34. The quantitative estimate of drug-likeness (QED) is 0.910. The molecule has 1 saturated heterocycles. The van der Waals surface area contributed by atoms with Crippen molar-refractivity contribution in [1.82, 2.24) is 0 Å². The number of halogens is 1. The molecule has 3 unspecified atom stereocenters. The summed E-state index contributed by atoms with van der Waals surface area (Å²) in [5.41, 5.74) is 2.35. The second-order valence-corrected chi connectivity index (χ2v) is 6.49. The molecule has 2 heterocycles. The first-order valence-corrected chi connectivity index (χ1v) is 7.46. The highest BCUT2D eigenvalue weighted by molar-refractivity contribution is 5.93. The third kappa shape index (κ3) is 1.67. The number of aliphatic hydroxyl groups is 1. The fourth-order valence-electron chi connectivity index (χ4n) is 3.95. The van der Waals surface area contributed by atoms with Gasteiger partial charge in [0.05, 0.1) is 18.3 Å². The molecule has 3 aliphatic rings. The number of aliphatic hydroxyl groups excluding tert-OH is 1. The molecule has 2 fully saturated rings. The first-order chi connectivity index (χ1) is 10.0. The maximum Gasteiger partial charge on any atom is 0.415 e. The Morgan fingerprint density at radius 2 is 2.10 bits per heavy atom. The maximum absolute atomic E-state index is 14.4. The average molecular weight is 291 g/mol. The van der Waals surface area contributed by atoms with Gasteiger partial charge in [0.15, 0.2) is 0 Å². The van der Waals surface area contributed by atoms with Crippen LogP contribution in [0.2, 0.25) is 0 Å². The molecule has 21 heavy (non-hydrogen) atoms. The third-order valence-corrected chi connectivity index (χ3v) is 5.46. The minimum absolute atomic E-state index is 0.201. The van der Waals surface area contributed by atoms with Gasteiger partial charge in [0, 0.05) is 0 Å². The highest BCUT2D eigenvalue weighted by Crippen LogP contribution is 2.55. The molecule has 4 rings (SSSR count). The maximum atomic E-state index is 14.4. The van der Waals surface area contributed by atoms with Crippen molar-refractivity contribution in [3.8, 4) is 0 Å². The van der Waals surface area contributed by atoms with Crippen molar-refractivity contribution in [2.45, 2.75) is 38.3 Å². The predicted octanol–water partition coefficient (Wildman–Crippen LogP) is 2.44. The van der Waals surface area contributed by atoms with Gasteiger partial charge in [-0.3, -0.25) is 4.90 Å². The second-order valence-electron chi connectivity index (χ2n) is 6.49. The van der Waals surface area contributed by atoms with Crippen LogP contribution in [-0.2, 0) is 11.2 Å². The van der Waals surface area contributed by atoms with E-state index >= 15 is 0 Å².